The largest absolute Gasteiger partial charge is 0.481 e. The summed E-state index contributed by atoms with van der Waals surface area (Å²) in [6.45, 7) is 3.71. The van der Waals surface area contributed by atoms with Crippen LogP contribution >= 0.6 is 0 Å². The second-order valence-corrected chi connectivity index (χ2v) is 6.06. The molecule has 0 bridgehead atoms. The molecule has 1 aliphatic heterocycles. The minimum Gasteiger partial charge on any atom is -0.481 e. The molecule has 2 unspecified atom stereocenters. The highest BCUT2D eigenvalue weighted by atomic mass is 16.5. The lowest BCUT2D eigenvalue weighted by molar-refractivity contribution is -0.143. The molecule has 1 saturated heterocycles. The number of carboxylic acid groups (broad SMARTS) is 1. The number of hydrogen-bond donors (Lipinski definition) is 1. The van der Waals surface area contributed by atoms with Gasteiger partial charge in [-0.25, -0.2) is 0 Å². The van der Waals surface area contributed by atoms with Crippen molar-refractivity contribution in [2.75, 3.05) is 38.1 Å². The average Bonchev–Trinajstić information content (AvgIpc) is 2.97. The zero-order valence-electron chi connectivity index (χ0n) is 12.4. The van der Waals surface area contributed by atoms with Gasteiger partial charge in [0.15, 0.2) is 0 Å². The number of carbonyl (C=O) groups is 1. The van der Waals surface area contributed by atoms with E-state index in [-0.39, 0.29) is 11.8 Å². The van der Waals surface area contributed by atoms with Gasteiger partial charge >= 0.3 is 5.97 Å². The van der Waals surface area contributed by atoms with Crippen LogP contribution in [-0.2, 0) is 4.79 Å². The maximum atomic E-state index is 11.4. The van der Waals surface area contributed by atoms with E-state index in [1.165, 1.54) is 0 Å². The number of piperazine rings is 1. The van der Waals surface area contributed by atoms with Crippen molar-refractivity contribution < 1.29 is 14.4 Å². The van der Waals surface area contributed by atoms with Gasteiger partial charge in [-0.05, 0) is 25.0 Å². The number of likely N-dealkylation sites (N-methyl/N-ethyl adjacent to an activating group) is 1. The summed E-state index contributed by atoms with van der Waals surface area (Å²) < 4.78 is 5.38. The van der Waals surface area contributed by atoms with Gasteiger partial charge < -0.3 is 19.4 Å². The van der Waals surface area contributed by atoms with Crippen LogP contribution in [0.3, 0.4) is 0 Å². The first-order valence-corrected chi connectivity index (χ1v) is 7.65. The van der Waals surface area contributed by atoms with Gasteiger partial charge in [-0.2, -0.15) is 4.98 Å². The molecule has 2 heterocycles. The number of rotatable bonds is 3. The number of carboxylic acids is 1. The number of anilines is 1. The summed E-state index contributed by atoms with van der Waals surface area (Å²) in [7, 11) is 2.10. The van der Waals surface area contributed by atoms with Gasteiger partial charge in [-0.3, -0.25) is 4.79 Å². The maximum absolute atomic E-state index is 11.4. The third-order valence-electron chi connectivity index (χ3n) is 4.62. The molecular weight excluding hydrogens is 272 g/mol. The first kappa shape index (κ1) is 14.3. The van der Waals surface area contributed by atoms with Gasteiger partial charge in [0.2, 0.25) is 5.89 Å². The Morgan fingerprint density at radius 2 is 1.95 bits per heavy atom. The minimum absolute atomic E-state index is 0.134. The SMILES string of the molecule is CN1CCN(c2noc(C3CCCCC3C(=O)O)n2)CC1. The standard InChI is InChI=1S/C14H22N4O3/c1-17-6-8-18(9-7-17)14-15-12(21-16-14)10-4-2-3-5-11(10)13(19)20/h10-11H,2-9H2,1H3,(H,19,20). The molecule has 0 aromatic carbocycles. The number of aliphatic carboxylic acids is 1. The Labute approximate surface area is 123 Å². The molecule has 21 heavy (non-hydrogen) atoms. The van der Waals surface area contributed by atoms with Crippen LogP contribution in [0.25, 0.3) is 0 Å². The summed E-state index contributed by atoms with van der Waals surface area (Å²) in [5.41, 5.74) is 0. The van der Waals surface area contributed by atoms with E-state index in [0.29, 0.717) is 18.3 Å². The molecule has 1 N–H and O–H groups in total. The van der Waals surface area contributed by atoms with E-state index < -0.39 is 5.97 Å². The lowest BCUT2D eigenvalue weighted by Gasteiger charge is -2.31. The number of aromatic nitrogens is 2. The van der Waals surface area contributed by atoms with Crippen LogP contribution in [0, 0.1) is 5.92 Å². The van der Waals surface area contributed by atoms with Crippen LogP contribution in [0.4, 0.5) is 5.95 Å². The second kappa shape index (κ2) is 6.01. The lowest BCUT2D eigenvalue weighted by Crippen LogP contribution is -2.44. The quantitative estimate of drug-likeness (QED) is 0.896. The van der Waals surface area contributed by atoms with Crippen LogP contribution in [0.1, 0.15) is 37.5 Å². The highest BCUT2D eigenvalue weighted by Crippen LogP contribution is 2.37. The summed E-state index contributed by atoms with van der Waals surface area (Å²) in [4.78, 5) is 20.2. The highest BCUT2D eigenvalue weighted by Gasteiger charge is 2.36. The van der Waals surface area contributed by atoms with Crippen molar-refractivity contribution in [2.24, 2.45) is 5.92 Å². The first-order valence-electron chi connectivity index (χ1n) is 7.65. The normalized spacial score (nSPS) is 27.8. The van der Waals surface area contributed by atoms with E-state index in [2.05, 4.69) is 27.0 Å². The fraction of sp³-hybridized carbons (Fsp3) is 0.786. The third-order valence-corrected chi connectivity index (χ3v) is 4.62. The molecule has 2 fully saturated rings. The fourth-order valence-corrected chi connectivity index (χ4v) is 3.23. The fourth-order valence-electron chi connectivity index (χ4n) is 3.23. The summed E-state index contributed by atoms with van der Waals surface area (Å²) in [6, 6.07) is 0. The molecule has 3 rings (SSSR count). The molecule has 0 radical (unpaired) electrons. The van der Waals surface area contributed by atoms with Crippen molar-refractivity contribution in [3.8, 4) is 0 Å². The minimum atomic E-state index is -0.751. The van der Waals surface area contributed by atoms with Crippen molar-refractivity contribution in [3.63, 3.8) is 0 Å². The van der Waals surface area contributed by atoms with Crippen LogP contribution in [0.5, 0.6) is 0 Å². The summed E-state index contributed by atoms with van der Waals surface area (Å²) in [5, 5.41) is 13.4. The van der Waals surface area contributed by atoms with Crippen molar-refractivity contribution in [1.82, 2.24) is 15.0 Å². The van der Waals surface area contributed by atoms with E-state index in [1.54, 1.807) is 0 Å². The number of hydrogen-bond acceptors (Lipinski definition) is 6. The van der Waals surface area contributed by atoms with Crippen molar-refractivity contribution in [3.05, 3.63) is 5.89 Å². The number of nitrogens with zero attached hydrogens (tertiary/aromatic N) is 4. The van der Waals surface area contributed by atoms with Crippen molar-refractivity contribution in [1.29, 1.82) is 0 Å². The van der Waals surface area contributed by atoms with Gasteiger partial charge in [0, 0.05) is 26.2 Å². The van der Waals surface area contributed by atoms with E-state index in [9.17, 15) is 9.90 Å². The Balaban J connectivity index is 1.73. The zero-order valence-corrected chi connectivity index (χ0v) is 12.4. The molecular formula is C14H22N4O3. The molecule has 2 aliphatic rings. The summed E-state index contributed by atoms with van der Waals surface area (Å²) >= 11 is 0. The van der Waals surface area contributed by atoms with E-state index in [4.69, 9.17) is 4.52 Å². The Morgan fingerprint density at radius 3 is 2.67 bits per heavy atom. The van der Waals surface area contributed by atoms with Crippen LogP contribution in [0.15, 0.2) is 4.52 Å². The maximum Gasteiger partial charge on any atom is 0.307 e. The topological polar surface area (TPSA) is 82.7 Å². The van der Waals surface area contributed by atoms with Gasteiger partial charge in [0.1, 0.15) is 0 Å². The monoisotopic (exact) mass is 294 g/mol. The Bertz CT molecular complexity index is 496. The zero-order chi connectivity index (χ0) is 14.8. The molecule has 7 heteroatoms. The summed E-state index contributed by atoms with van der Waals surface area (Å²) in [5.74, 6) is -0.174. The van der Waals surface area contributed by atoms with Gasteiger partial charge in [0.25, 0.3) is 5.95 Å². The molecule has 1 saturated carbocycles. The molecule has 1 aliphatic carbocycles. The summed E-state index contributed by atoms with van der Waals surface area (Å²) in [6.07, 6.45) is 3.52. The van der Waals surface area contributed by atoms with Crippen LogP contribution < -0.4 is 4.90 Å². The molecule has 1 aromatic heterocycles. The van der Waals surface area contributed by atoms with Gasteiger partial charge in [-0.15, -0.1) is 0 Å². The smallest absolute Gasteiger partial charge is 0.307 e. The third kappa shape index (κ3) is 3.02. The van der Waals surface area contributed by atoms with Gasteiger partial charge in [0.05, 0.1) is 11.8 Å². The molecule has 0 amide bonds. The predicted octanol–water partition coefficient (Wildman–Crippen LogP) is 1.18. The van der Waals surface area contributed by atoms with Crippen molar-refractivity contribution >= 4 is 11.9 Å². The highest BCUT2D eigenvalue weighted by molar-refractivity contribution is 5.71. The molecule has 7 nitrogen and oxygen atoms in total. The van der Waals surface area contributed by atoms with E-state index in [0.717, 1.165) is 45.4 Å². The van der Waals surface area contributed by atoms with Crippen LogP contribution in [-0.4, -0.2) is 59.3 Å². The van der Waals surface area contributed by atoms with E-state index >= 15 is 0 Å². The molecule has 2 atom stereocenters. The predicted molar refractivity (Wildman–Crippen MR) is 76.3 cm³/mol. The first-order chi connectivity index (χ1) is 10.1. The molecule has 116 valence electrons. The second-order valence-electron chi connectivity index (χ2n) is 6.06. The average molecular weight is 294 g/mol. The van der Waals surface area contributed by atoms with E-state index in [1.807, 2.05) is 0 Å². The lowest BCUT2D eigenvalue weighted by atomic mass is 9.79. The Morgan fingerprint density at radius 1 is 1.24 bits per heavy atom. The molecule has 0 spiro atoms. The Kier molecular flexibility index (Phi) is 4.10. The Hall–Kier alpha value is -1.63. The van der Waals surface area contributed by atoms with Crippen molar-refractivity contribution in [2.45, 2.75) is 31.6 Å². The van der Waals surface area contributed by atoms with Gasteiger partial charge in [-0.1, -0.05) is 12.8 Å². The molecule has 1 aromatic rings. The van der Waals surface area contributed by atoms with Crippen LogP contribution in [0.2, 0.25) is 0 Å².